The number of fused-ring (bicyclic) bond motifs is 1. The molecular weight excluding hydrogens is 520 g/mol. The molecule has 2 aromatic rings. The van der Waals surface area contributed by atoms with E-state index in [0.29, 0.717) is 30.0 Å². The molecule has 4 N–H and O–H groups in total. The number of nitrogens with two attached hydrogens (primary N) is 1. The van der Waals surface area contributed by atoms with E-state index >= 15 is 0 Å². The second-order valence-corrected chi connectivity index (χ2v) is 11.0. The van der Waals surface area contributed by atoms with Gasteiger partial charge in [0.2, 0.25) is 11.9 Å². The molecule has 0 atom stereocenters. The molecule has 0 bridgehead atoms. The summed E-state index contributed by atoms with van der Waals surface area (Å²) in [6.45, 7) is 3.09. The minimum Gasteiger partial charge on any atom is -0.495 e. The summed E-state index contributed by atoms with van der Waals surface area (Å²) in [4.78, 5) is 23.4. The molecule has 1 aromatic carbocycles. The van der Waals surface area contributed by atoms with Gasteiger partial charge in [-0.25, -0.2) is 4.98 Å². The molecule has 39 heavy (non-hydrogen) atoms. The Hall–Kier alpha value is -2.66. The maximum atomic E-state index is 11.9. The third kappa shape index (κ3) is 7.51. The van der Waals surface area contributed by atoms with E-state index in [1.54, 1.807) is 27.5 Å². The Morgan fingerprint density at radius 3 is 2.38 bits per heavy atom. The molecule has 1 aliphatic heterocycles. The van der Waals surface area contributed by atoms with Crippen LogP contribution in [0.4, 0.5) is 17.5 Å². The molecule has 1 fully saturated rings. The van der Waals surface area contributed by atoms with E-state index in [0.717, 1.165) is 69.5 Å². The second-order valence-electron chi connectivity index (χ2n) is 10.5. The van der Waals surface area contributed by atoms with Gasteiger partial charge in [0, 0.05) is 39.3 Å². The largest absolute Gasteiger partial charge is 0.495 e. The van der Waals surface area contributed by atoms with Gasteiger partial charge >= 0.3 is 0 Å². The molecule has 2 heterocycles. The molecule has 0 spiro atoms. The summed E-state index contributed by atoms with van der Waals surface area (Å²) in [5.74, 6) is 1.26. The highest BCUT2D eigenvalue weighted by molar-refractivity contribution is 6.32. The van der Waals surface area contributed by atoms with Crippen LogP contribution >= 0.6 is 11.6 Å². The number of benzene rings is 1. The molecule has 10 nitrogen and oxygen atoms in total. The van der Waals surface area contributed by atoms with Gasteiger partial charge in [-0.3, -0.25) is 9.69 Å². The standard InChI is InChI=1S/C28H41ClN6O4/c1-37-17-21(18-38-2)35-11-7-19-13-23(24(39-3)14-20(19)8-12-35)32-27-31-16-22(29)26(33-27)34-28(15-25(30)36)9-5-4-6-10-28/h13-14,16,21H,4-12,15,17-18H2,1-3H3,(H2,30,36)(H2,31,32,33,34). The van der Waals surface area contributed by atoms with Crippen molar-refractivity contribution in [3.05, 3.63) is 34.5 Å². The monoisotopic (exact) mass is 560 g/mol. The Morgan fingerprint density at radius 2 is 1.77 bits per heavy atom. The second kappa shape index (κ2) is 13.6. The van der Waals surface area contributed by atoms with Crippen LogP contribution in [-0.2, 0) is 27.1 Å². The van der Waals surface area contributed by atoms with Gasteiger partial charge in [0.25, 0.3) is 0 Å². The maximum Gasteiger partial charge on any atom is 0.229 e. The number of nitrogens with zero attached hydrogens (tertiary/aromatic N) is 3. The van der Waals surface area contributed by atoms with Crippen LogP contribution in [0, 0.1) is 0 Å². The summed E-state index contributed by atoms with van der Waals surface area (Å²) in [5, 5.41) is 7.19. The predicted octanol–water partition coefficient (Wildman–Crippen LogP) is 3.93. The lowest BCUT2D eigenvalue weighted by Gasteiger charge is -2.38. The molecule has 0 unspecified atom stereocenters. The lowest BCUT2D eigenvalue weighted by molar-refractivity contribution is -0.119. The van der Waals surface area contributed by atoms with Crippen molar-refractivity contribution in [1.82, 2.24) is 14.9 Å². The fraction of sp³-hybridized carbons (Fsp3) is 0.607. The smallest absolute Gasteiger partial charge is 0.229 e. The van der Waals surface area contributed by atoms with Crippen LogP contribution in [0.2, 0.25) is 5.02 Å². The Balaban J connectivity index is 1.54. The number of hydrogen-bond donors (Lipinski definition) is 3. The molecule has 1 saturated carbocycles. The van der Waals surface area contributed by atoms with Crippen LogP contribution in [-0.4, -0.2) is 80.0 Å². The van der Waals surface area contributed by atoms with Crippen LogP contribution in [0.3, 0.4) is 0 Å². The van der Waals surface area contributed by atoms with Crippen molar-refractivity contribution in [1.29, 1.82) is 0 Å². The number of hydrogen-bond acceptors (Lipinski definition) is 9. The Bertz CT molecular complexity index is 1120. The van der Waals surface area contributed by atoms with E-state index in [9.17, 15) is 4.79 Å². The number of ether oxygens (including phenoxy) is 3. The quantitative estimate of drug-likeness (QED) is 0.354. The molecule has 2 aliphatic rings. The van der Waals surface area contributed by atoms with Gasteiger partial charge in [-0.05, 0) is 48.9 Å². The SMILES string of the molecule is COCC(COC)N1CCc2cc(Nc3ncc(Cl)c(NC4(CC(N)=O)CCCCC4)n3)c(OC)cc2CC1. The fourth-order valence-corrected chi connectivity index (χ4v) is 5.98. The number of carbonyl (C=O) groups is 1. The van der Waals surface area contributed by atoms with Crippen LogP contribution in [0.5, 0.6) is 5.75 Å². The first-order chi connectivity index (χ1) is 18.9. The summed E-state index contributed by atoms with van der Waals surface area (Å²) in [5.41, 5.74) is 8.45. The molecule has 0 radical (unpaired) electrons. The first kappa shape index (κ1) is 29.3. The summed E-state index contributed by atoms with van der Waals surface area (Å²) in [6, 6.07) is 4.44. The predicted molar refractivity (Wildman–Crippen MR) is 153 cm³/mol. The minimum atomic E-state index is -0.448. The van der Waals surface area contributed by atoms with E-state index < -0.39 is 5.54 Å². The minimum absolute atomic E-state index is 0.212. The number of halogens is 1. The number of aromatic nitrogens is 2. The van der Waals surface area contributed by atoms with E-state index in [1.807, 2.05) is 0 Å². The van der Waals surface area contributed by atoms with Crippen molar-refractivity contribution in [3.63, 3.8) is 0 Å². The number of anilines is 3. The lowest BCUT2D eigenvalue weighted by atomic mass is 9.79. The van der Waals surface area contributed by atoms with Crippen molar-refractivity contribution >= 4 is 35.0 Å². The van der Waals surface area contributed by atoms with Crippen molar-refractivity contribution in [2.24, 2.45) is 5.73 Å². The highest BCUT2D eigenvalue weighted by Gasteiger charge is 2.34. The van der Waals surface area contributed by atoms with E-state index in [-0.39, 0.29) is 18.4 Å². The van der Waals surface area contributed by atoms with Crippen LogP contribution in [0.1, 0.15) is 49.7 Å². The molecule has 1 amide bonds. The zero-order valence-corrected chi connectivity index (χ0v) is 24.0. The van der Waals surface area contributed by atoms with Gasteiger partial charge in [0.05, 0.1) is 38.2 Å². The van der Waals surface area contributed by atoms with Gasteiger partial charge in [-0.15, -0.1) is 0 Å². The third-order valence-corrected chi connectivity index (χ3v) is 8.07. The Kier molecular flexibility index (Phi) is 10.2. The zero-order chi connectivity index (χ0) is 27.8. The Morgan fingerprint density at radius 1 is 1.10 bits per heavy atom. The van der Waals surface area contributed by atoms with Crippen LogP contribution in [0.25, 0.3) is 0 Å². The number of carbonyl (C=O) groups excluding carboxylic acids is 1. The van der Waals surface area contributed by atoms with Crippen molar-refractivity contribution < 1.29 is 19.0 Å². The molecular formula is C28H41ClN6O4. The maximum absolute atomic E-state index is 11.9. The molecule has 0 saturated heterocycles. The van der Waals surface area contributed by atoms with Gasteiger partial charge in [0.1, 0.15) is 10.8 Å². The van der Waals surface area contributed by atoms with Crippen molar-refractivity contribution in [2.75, 3.05) is 58.3 Å². The number of methoxy groups -OCH3 is 3. The average Bonchev–Trinajstić information content (AvgIpc) is 3.12. The normalized spacial score (nSPS) is 17.4. The number of nitrogens with one attached hydrogen (secondary N) is 2. The van der Waals surface area contributed by atoms with Gasteiger partial charge < -0.3 is 30.6 Å². The lowest BCUT2D eigenvalue weighted by Crippen LogP contribution is -2.44. The van der Waals surface area contributed by atoms with E-state index in [2.05, 4.69) is 37.6 Å². The highest BCUT2D eigenvalue weighted by atomic mass is 35.5. The van der Waals surface area contributed by atoms with Crippen LogP contribution < -0.4 is 21.1 Å². The summed E-state index contributed by atoms with van der Waals surface area (Å²) in [6.07, 6.45) is 8.47. The van der Waals surface area contributed by atoms with Crippen molar-refractivity contribution in [2.45, 2.75) is 62.9 Å². The van der Waals surface area contributed by atoms with Gasteiger partial charge in [-0.2, -0.15) is 4.98 Å². The summed E-state index contributed by atoms with van der Waals surface area (Å²) >= 11 is 6.49. The van der Waals surface area contributed by atoms with Gasteiger partial charge in [0.15, 0.2) is 5.82 Å². The molecule has 4 rings (SSSR count). The average molecular weight is 561 g/mol. The number of amides is 1. The summed E-state index contributed by atoms with van der Waals surface area (Å²) < 4.78 is 16.6. The molecule has 214 valence electrons. The number of primary amides is 1. The fourth-order valence-electron chi connectivity index (χ4n) is 5.84. The Labute approximate surface area is 235 Å². The molecule has 11 heteroatoms. The zero-order valence-electron chi connectivity index (χ0n) is 23.2. The first-order valence-corrected chi connectivity index (χ1v) is 14.0. The van der Waals surface area contributed by atoms with E-state index in [1.165, 1.54) is 11.1 Å². The summed E-state index contributed by atoms with van der Waals surface area (Å²) in [7, 11) is 5.12. The van der Waals surface area contributed by atoms with Crippen molar-refractivity contribution in [3.8, 4) is 5.75 Å². The third-order valence-electron chi connectivity index (χ3n) is 7.79. The molecule has 1 aromatic heterocycles. The van der Waals surface area contributed by atoms with E-state index in [4.69, 9.17) is 31.5 Å². The first-order valence-electron chi connectivity index (χ1n) is 13.6. The molecule has 1 aliphatic carbocycles. The van der Waals surface area contributed by atoms with Gasteiger partial charge in [-0.1, -0.05) is 30.9 Å². The highest BCUT2D eigenvalue weighted by Crippen LogP contribution is 2.37. The topological polar surface area (TPSA) is 124 Å². The van der Waals surface area contributed by atoms with Crippen LogP contribution in [0.15, 0.2) is 18.3 Å². The number of rotatable bonds is 12.